The molecule has 3 aromatic rings. The van der Waals surface area contributed by atoms with Gasteiger partial charge in [0.15, 0.2) is 0 Å². The number of ether oxygens (including phenoxy) is 3. The number of carbonyl (C=O) groups is 2. The molecule has 1 aliphatic heterocycles. The first-order valence-corrected chi connectivity index (χ1v) is 10.3. The number of anilines is 2. The van der Waals surface area contributed by atoms with E-state index in [9.17, 15) is 9.59 Å². The second kappa shape index (κ2) is 9.08. The molecule has 0 aromatic heterocycles. The number of benzene rings is 3. The van der Waals surface area contributed by atoms with Crippen LogP contribution in [0, 0.1) is 6.92 Å². The molecule has 0 unspecified atom stereocenters. The molecule has 2 amide bonds. The molecule has 0 saturated carbocycles. The minimum absolute atomic E-state index is 0.168. The molecule has 7 heteroatoms. The highest BCUT2D eigenvalue weighted by Crippen LogP contribution is 2.35. The number of nitrogens with zero attached hydrogens (tertiary/aromatic N) is 1. The summed E-state index contributed by atoms with van der Waals surface area (Å²) in [6.45, 7) is 1.95. The second-order valence-corrected chi connectivity index (χ2v) is 7.49. The summed E-state index contributed by atoms with van der Waals surface area (Å²) in [6.07, 6.45) is 0. The van der Waals surface area contributed by atoms with Crippen molar-refractivity contribution in [1.82, 2.24) is 0 Å². The summed E-state index contributed by atoms with van der Waals surface area (Å²) in [5.74, 6) is 0.896. The molecule has 4 rings (SSSR count). The first kappa shape index (κ1) is 22.0. The first-order chi connectivity index (χ1) is 15.9. The maximum atomic E-state index is 13.5. The first-order valence-electron chi connectivity index (χ1n) is 10.3. The topological polar surface area (TPSA) is 77.1 Å². The normalized spacial score (nSPS) is 13.4. The lowest BCUT2D eigenvalue weighted by Crippen LogP contribution is -2.32. The number of nitrogens with one attached hydrogen (secondary N) is 1. The zero-order valence-corrected chi connectivity index (χ0v) is 18.8. The Labute approximate surface area is 192 Å². The van der Waals surface area contributed by atoms with E-state index in [1.165, 1.54) is 4.90 Å². The highest BCUT2D eigenvalue weighted by Gasteiger charge is 2.40. The van der Waals surface area contributed by atoms with Gasteiger partial charge in [0.05, 0.1) is 32.6 Å². The van der Waals surface area contributed by atoms with Crippen LogP contribution in [0.15, 0.2) is 72.4 Å². The van der Waals surface area contributed by atoms with Crippen molar-refractivity contribution in [2.24, 2.45) is 0 Å². The molecule has 1 aliphatic rings. The number of hydrogen-bond donors (Lipinski definition) is 1. The van der Waals surface area contributed by atoms with Gasteiger partial charge in [0.25, 0.3) is 11.8 Å². The molecule has 168 valence electrons. The van der Waals surface area contributed by atoms with Crippen LogP contribution in [0.5, 0.6) is 17.2 Å². The highest BCUT2D eigenvalue weighted by atomic mass is 16.5. The van der Waals surface area contributed by atoms with Gasteiger partial charge in [0.1, 0.15) is 22.9 Å². The van der Waals surface area contributed by atoms with E-state index < -0.39 is 11.8 Å². The lowest BCUT2D eigenvalue weighted by atomic mass is 10.0. The van der Waals surface area contributed by atoms with Crippen LogP contribution >= 0.6 is 0 Å². The predicted octanol–water partition coefficient (Wildman–Crippen LogP) is 4.42. The Morgan fingerprint density at radius 2 is 1.27 bits per heavy atom. The number of amides is 2. The fourth-order valence-electron chi connectivity index (χ4n) is 3.62. The number of imide groups is 1. The zero-order valence-electron chi connectivity index (χ0n) is 18.8. The van der Waals surface area contributed by atoms with Crippen LogP contribution in [0.25, 0.3) is 5.57 Å². The SMILES string of the molecule is COc1ccc(C2=C(Nc3cc(OC)cc(OC)c3)C(=O)N(c3ccc(C)cc3)C2=O)cc1. The summed E-state index contributed by atoms with van der Waals surface area (Å²) in [6, 6.07) is 19.4. The molecule has 7 nitrogen and oxygen atoms in total. The summed E-state index contributed by atoms with van der Waals surface area (Å²) in [7, 11) is 4.66. The Morgan fingerprint density at radius 3 is 1.82 bits per heavy atom. The fraction of sp³-hybridized carbons (Fsp3) is 0.154. The number of rotatable bonds is 7. The molecule has 3 aromatic carbocycles. The Hall–Kier alpha value is -4.26. The zero-order chi connectivity index (χ0) is 23.5. The van der Waals surface area contributed by atoms with Gasteiger partial charge in [-0.3, -0.25) is 9.59 Å². The number of hydrogen-bond acceptors (Lipinski definition) is 6. The monoisotopic (exact) mass is 444 g/mol. The minimum Gasteiger partial charge on any atom is -0.497 e. The van der Waals surface area contributed by atoms with Crippen molar-refractivity contribution >= 4 is 28.8 Å². The van der Waals surface area contributed by atoms with Crippen LogP contribution in [0.4, 0.5) is 11.4 Å². The van der Waals surface area contributed by atoms with E-state index in [4.69, 9.17) is 14.2 Å². The van der Waals surface area contributed by atoms with Gasteiger partial charge in [-0.25, -0.2) is 4.90 Å². The van der Waals surface area contributed by atoms with Crippen molar-refractivity contribution in [2.75, 3.05) is 31.5 Å². The third kappa shape index (κ3) is 4.25. The molecule has 1 N–H and O–H groups in total. The molecule has 0 radical (unpaired) electrons. The van der Waals surface area contributed by atoms with Gasteiger partial charge >= 0.3 is 0 Å². The van der Waals surface area contributed by atoms with Crippen LogP contribution in [0.2, 0.25) is 0 Å². The van der Waals surface area contributed by atoms with E-state index in [0.717, 1.165) is 5.56 Å². The van der Waals surface area contributed by atoms with Gasteiger partial charge in [0.2, 0.25) is 0 Å². The van der Waals surface area contributed by atoms with Crippen molar-refractivity contribution in [3.05, 3.63) is 83.6 Å². The molecule has 0 spiro atoms. The maximum Gasteiger partial charge on any atom is 0.282 e. The van der Waals surface area contributed by atoms with Crippen molar-refractivity contribution < 1.29 is 23.8 Å². The van der Waals surface area contributed by atoms with Gasteiger partial charge < -0.3 is 19.5 Å². The predicted molar refractivity (Wildman–Crippen MR) is 127 cm³/mol. The summed E-state index contributed by atoms with van der Waals surface area (Å²) in [5, 5.41) is 3.14. The van der Waals surface area contributed by atoms with Gasteiger partial charge in [-0.15, -0.1) is 0 Å². The fourth-order valence-corrected chi connectivity index (χ4v) is 3.62. The van der Waals surface area contributed by atoms with E-state index in [1.807, 2.05) is 19.1 Å². The van der Waals surface area contributed by atoms with E-state index >= 15 is 0 Å². The minimum atomic E-state index is -0.448. The van der Waals surface area contributed by atoms with Gasteiger partial charge in [-0.1, -0.05) is 29.8 Å². The molecule has 0 fully saturated rings. The molecule has 0 bridgehead atoms. The summed E-state index contributed by atoms with van der Waals surface area (Å²) in [5.41, 5.74) is 3.12. The maximum absolute atomic E-state index is 13.5. The molecule has 33 heavy (non-hydrogen) atoms. The summed E-state index contributed by atoms with van der Waals surface area (Å²) in [4.78, 5) is 28.2. The summed E-state index contributed by atoms with van der Waals surface area (Å²) >= 11 is 0. The smallest absolute Gasteiger partial charge is 0.282 e. The standard InChI is InChI=1S/C26H24N2O5/c1-16-5-9-19(10-6-16)28-25(29)23(17-7-11-20(31-2)12-8-17)24(26(28)30)27-18-13-21(32-3)15-22(14-18)33-4/h5-15,27H,1-4H3. The summed E-state index contributed by atoms with van der Waals surface area (Å²) < 4.78 is 15.9. The lowest BCUT2D eigenvalue weighted by molar-refractivity contribution is -0.120. The molecule has 0 aliphatic carbocycles. The number of methoxy groups -OCH3 is 3. The van der Waals surface area contributed by atoms with Gasteiger partial charge in [0, 0.05) is 23.9 Å². The van der Waals surface area contributed by atoms with Crippen LogP contribution in [-0.4, -0.2) is 33.1 Å². The average Bonchev–Trinajstić information content (AvgIpc) is 3.08. The van der Waals surface area contributed by atoms with E-state index in [2.05, 4.69) is 5.32 Å². The molecular formula is C26H24N2O5. The highest BCUT2D eigenvalue weighted by molar-refractivity contribution is 6.46. The quantitative estimate of drug-likeness (QED) is 0.544. The van der Waals surface area contributed by atoms with Gasteiger partial charge in [-0.05, 0) is 36.8 Å². The largest absolute Gasteiger partial charge is 0.497 e. The number of carbonyl (C=O) groups excluding carboxylic acids is 2. The van der Waals surface area contributed by atoms with Crippen LogP contribution in [-0.2, 0) is 9.59 Å². The van der Waals surface area contributed by atoms with Crippen LogP contribution in [0.3, 0.4) is 0 Å². The Morgan fingerprint density at radius 1 is 0.697 bits per heavy atom. The molecular weight excluding hydrogens is 420 g/mol. The third-order valence-electron chi connectivity index (χ3n) is 5.38. The van der Waals surface area contributed by atoms with E-state index in [-0.39, 0.29) is 11.3 Å². The Kier molecular flexibility index (Phi) is 6.04. The second-order valence-electron chi connectivity index (χ2n) is 7.49. The van der Waals surface area contributed by atoms with Crippen molar-refractivity contribution in [2.45, 2.75) is 6.92 Å². The third-order valence-corrected chi connectivity index (χ3v) is 5.38. The van der Waals surface area contributed by atoms with E-state index in [1.54, 1.807) is 75.9 Å². The van der Waals surface area contributed by atoms with Crippen molar-refractivity contribution in [1.29, 1.82) is 0 Å². The number of aryl methyl sites for hydroxylation is 1. The van der Waals surface area contributed by atoms with Gasteiger partial charge in [-0.2, -0.15) is 0 Å². The van der Waals surface area contributed by atoms with Crippen molar-refractivity contribution in [3.63, 3.8) is 0 Å². The molecule has 0 atom stereocenters. The lowest BCUT2D eigenvalue weighted by Gasteiger charge is -2.16. The van der Waals surface area contributed by atoms with Crippen molar-refractivity contribution in [3.8, 4) is 17.2 Å². The average molecular weight is 444 g/mol. The molecule has 0 saturated heterocycles. The molecule has 1 heterocycles. The van der Waals surface area contributed by atoms with Crippen LogP contribution in [0.1, 0.15) is 11.1 Å². The Bertz CT molecular complexity index is 1210. The van der Waals surface area contributed by atoms with E-state index in [0.29, 0.717) is 34.2 Å². The van der Waals surface area contributed by atoms with Crippen LogP contribution < -0.4 is 24.4 Å². The Balaban J connectivity index is 1.82.